The molecule has 0 radical (unpaired) electrons. The number of nitriles is 1. The topological polar surface area (TPSA) is 84.6 Å². The van der Waals surface area contributed by atoms with Crippen molar-refractivity contribution in [3.05, 3.63) is 0 Å². The van der Waals surface area contributed by atoms with Gasteiger partial charge in [-0.25, -0.2) is 9.59 Å². The number of rotatable bonds is 4. The molecular weight excluding hydrogens is 234 g/mol. The second kappa shape index (κ2) is 6.24. The summed E-state index contributed by atoms with van der Waals surface area (Å²) in [6.45, 7) is 4.55. The Morgan fingerprint density at radius 1 is 1.56 bits per heavy atom. The Balaban J connectivity index is 2.76. The maximum atomic E-state index is 12.3. The van der Waals surface area contributed by atoms with Crippen LogP contribution in [0.25, 0.3) is 0 Å². The van der Waals surface area contributed by atoms with Crippen LogP contribution in [0, 0.1) is 11.3 Å². The van der Waals surface area contributed by atoms with Crippen molar-refractivity contribution in [1.82, 2.24) is 9.80 Å². The third kappa shape index (κ3) is 3.13. The zero-order chi connectivity index (χ0) is 13.7. The fourth-order valence-corrected chi connectivity index (χ4v) is 2.16. The van der Waals surface area contributed by atoms with Crippen LogP contribution in [0.3, 0.4) is 0 Å². The molecule has 1 rings (SSSR count). The molecule has 1 heterocycles. The van der Waals surface area contributed by atoms with Gasteiger partial charge in [-0.3, -0.25) is 0 Å². The maximum Gasteiger partial charge on any atom is 0.326 e. The molecule has 1 atom stereocenters. The number of urea groups is 1. The Kier molecular flexibility index (Phi) is 4.95. The summed E-state index contributed by atoms with van der Waals surface area (Å²) in [6.07, 6.45) is 1.48. The van der Waals surface area contributed by atoms with Gasteiger partial charge in [0.05, 0.1) is 12.5 Å². The van der Waals surface area contributed by atoms with Crippen molar-refractivity contribution in [3.63, 3.8) is 0 Å². The van der Waals surface area contributed by atoms with E-state index in [9.17, 15) is 9.59 Å². The van der Waals surface area contributed by atoms with E-state index in [0.717, 1.165) is 0 Å². The molecule has 0 unspecified atom stereocenters. The third-order valence-electron chi connectivity index (χ3n) is 3.12. The number of carbonyl (C=O) groups excluding carboxylic acids is 1. The van der Waals surface area contributed by atoms with E-state index in [1.807, 2.05) is 19.9 Å². The van der Waals surface area contributed by atoms with Gasteiger partial charge in [-0.2, -0.15) is 5.26 Å². The van der Waals surface area contributed by atoms with Crippen molar-refractivity contribution >= 4 is 12.0 Å². The van der Waals surface area contributed by atoms with E-state index in [0.29, 0.717) is 25.9 Å². The van der Waals surface area contributed by atoms with Gasteiger partial charge in [0, 0.05) is 19.1 Å². The highest BCUT2D eigenvalue weighted by molar-refractivity contribution is 5.83. The van der Waals surface area contributed by atoms with Crippen LogP contribution in [-0.4, -0.2) is 52.1 Å². The first-order valence-electron chi connectivity index (χ1n) is 6.16. The third-order valence-corrected chi connectivity index (χ3v) is 3.12. The Labute approximate surface area is 107 Å². The summed E-state index contributed by atoms with van der Waals surface area (Å²) in [7, 11) is 0. The van der Waals surface area contributed by atoms with Crippen molar-refractivity contribution in [2.45, 2.75) is 45.2 Å². The lowest BCUT2D eigenvalue weighted by Crippen LogP contribution is -2.50. The van der Waals surface area contributed by atoms with Gasteiger partial charge in [0.15, 0.2) is 0 Å². The SMILES string of the molecule is CC(C)N(CCC#N)C(=O)N1CCC[C@@H]1C(=O)O. The lowest BCUT2D eigenvalue weighted by Gasteiger charge is -2.32. The minimum Gasteiger partial charge on any atom is -0.480 e. The highest BCUT2D eigenvalue weighted by Crippen LogP contribution is 2.20. The molecule has 1 fully saturated rings. The number of amides is 2. The molecule has 100 valence electrons. The summed E-state index contributed by atoms with van der Waals surface area (Å²) < 4.78 is 0. The van der Waals surface area contributed by atoms with Gasteiger partial charge >= 0.3 is 12.0 Å². The molecule has 2 amide bonds. The summed E-state index contributed by atoms with van der Waals surface area (Å²) >= 11 is 0. The molecule has 1 aliphatic rings. The summed E-state index contributed by atoms with van der Waals surface area (Å²) in [4.78, 5) is 26.3. The number of nitrogens with zero attached hydrogens (tertiary/aromatic N) is 3. The standard InChI is InChI=1S/C12H19N3O3/c1-9(2)14(8-4-6-13)12(18)15-7-3-5-10(15)11(16)17/h9-10H,3-5,7-8H2,1-2H3,(H,16,17)/t10-/m1/s1. The Hall–Kier alpha value is -1.77. The lowest BCUT2D eigenvalue weighted by molar-refractivity contribution is -0.141. The number of hydrogen-bond acceptors (Lipinski definition) is 3. The van der Waals surface area contributed by atoms with Crippen LogP contribution in [0.15, 0.2) is 0 Å². The molecule has 0 aromatic heterocycles. The molecule has 0 aromatic carbocycles. The van der Waals surface area contributed by atoms with E-state index in [-0.39, 0.29) is 18.5 Å². The van der Waals surface area contributed by atoms with Gasteiger partial charge in [0.2, 0.25) is 0 Å². The highest BCUT2D eigenvalue weighted by atomic mass is 16.4. The summed E-state index contributed by atoms with van der Waals surface area (Å²) in [5.74, 6) is -0.954. The smallest absolute Gasteiger partial charge is 0.326 e. The minimum absolute atomic E-state index is 0.0408. The van der Waals surface area contributed by atoms with E-state index in [4.69, 9.17) is 10.4 Å². The fraction of sp³-hybridized carbons (Fsp3) is 0.750. The largest absolute Gasteiger partial charge is 0.480 e. The van der Waals surface area contributed by atoms with E-state index in [2.05, 4.69) is 0 Å². The van der Waals surface area contributed by atoms with Crippen molar-refractivity contribution < 1.29 is 14.7 Å². The van der Waals surface area contributed by atoms with E-state index < -0.39 is 12.0 Å². The Morgan fingerprint density at radius 3 is 2.72 bits per heavy atom. The first-order valence-corrected chi connectivity index (χ1v) is 6.16. The van der Waals surface area contributed by atoms with Crippen molar-refractivity contribution in [2.75, 3.05) is 13.1 Å². The number of aliphatic carboxylic acids is 1. The number of likely N-dealkylation sites (tertiary alicyclic amines) is 1. The summed E-state index contributed by atoms with van der Waals surface area (Å²) in [5, 5.41) is 17.7. The predicted octanol–water partition coefficient (Wildman–Crippen LogP) is 1.28. The van der Waals surface area contributed by atoms with Crippen LogP contribution in [0.2, 0.25) is 0 Å². The molecule has 1 aliphatic heterocycles. The molecule has 6 heteroatoms. The fourth-order valence-electron chi connectivity index (χ4n) is 2.16. The van der Waals surface area contributed by atoms with Crippen molar-refractivity contribution in [2.24, 2.45) is 0 Å². The monoisotopic (exact) mass is 253 g/mol. The van der Waals surface area contributed by atoms with Gasteiger partial charge in [-0.15, -0.1) is 0 Å². The van der Waals surface area contributed by atoms with Gasteiger partial charge in [-0.05, 0) is 26.7 Å². The first kappa shape index (κ1) is 14.3. The molecule has 0 aliphatic carbocycles. The number of carbonyl (C=O) groups is 2. The van der Waals surface area contributed by atoms with Gasteiger partial charge in [0.1, 0.15) is 6.04 Å². The molecule has 0 aromatic rings. The van der Waals surface area contributed by atoms with Gasteiger partial charge < -0.3 is 14.9 Å². The molecule has 18 heavy (non-hydrogen) atoms. The molecule has 1 saturated heterocycles. The zero-order valence-corrected chi connectivity index (χ0v) is 10.8. The van der Waals surface area contributed by atoms with E-state index in [1.54, 1.807) is 4.90 Å². The minimum atomic E-state index is -0.954. The zero-order valence-electron chi connectivity index (χ0n) is 10.8. The molecule has 0 bridgehead atoms. The van der Waals surface area contributed by atoms with Crippen LogP contribution in [0.4, 0.5) is 4.79 Å². The molecule has 0 saturated carbocycles. The first-order chi connectivity index (χ1) is 8.49. The molecular formula is C12H19N3O3. The predicted molar refractivity (Wildman–Crippen MR) is 64.8 cm³/mol. The molecule has 0 spiro atoms. The van der Waals surface area contributed by atoms with Crippen molar-refractivity contribution in [1.29, 1.82) is 5.26 Å². The van der Waals surface area contributed by atoms with E-state index in [1.165, 1.54) is 4.90 Å². The van der Waals surface area contributed by atoms with Crippen LogP contribution in [-0.2, 0) is 4.79 Å². The maximum absolute atomic E-state index is 12.3. The molecule has 6 nitrogen and oxygen atoms in total. The quantitative estimate of drug-likeness (QED) is 0.817. The average Bonchev–Trinajstić information content (AvgIpc) is 2.77. The van der Waals surface area contributed by atoms with Crippen LogP contribution in [0.1, 0.15) is 33.1 Å². The number of carboxylic acids is 1. The van der Waals surface area contributed by atoms with Crippen molar-refractivity contribution in [3.8, 4) is 6.07 Å². The highest BCUT2D eigenvalue weighted by Gasteiger charge is 2.36. The number of hydrogen-bond donors (Lipinski definition) is 1. The van der Waals surface area contributed by atoms with Crippen LogP contribution >= 0.6 is 0 Å². The number of carboxylic acid groups (broad SMARTS) is 1. The van der Waals surface area contributed by atoms with Gasteiger partial charge in [0.25, 0.3) is 0 Å². The Bertz CT molecular complexity index is 362. The lowest BCUT2D eigenvalue weighted by atomic mass is 10.2. The van der Waals surface area contributed by atoms with E-state index >= 15 is 0 Å². The normalized spacial score (nSPS) is 18.8. The van der Waals surface area contributed by atoms with Crippen LogP contribution < -0.4 is 0 Å². The second-order valence-corrected chi connectivity index (χ2v) is 4.67. The Morgan fingerprint density at radius 2 is 2.22 bits per heavy atom. The summed E-state index contributed by atoms with van der Waals surface area (Å²) in [6, 6.07) is 0.968. The second-order valence-electron chi connectivity index (χ2n) is 4.67. The average molecular weight is 253 g/mol. The molecule has 1 N–H and O–H groups in total. The summed E-state index contributed by atoms with van der Waals surface area (Å²) in [5.41, 5.74) is 0. The van der Waals surface area contributed by atoms with Gasteiger partial charge in [-0.1, -0.05) is 0 Å². The van der Waals surface area contributed by atoms with Crippen LogP contribution in [0.5, 0.6) is 0 Å².